The van der Waals surface area contributed by atoms with Crippen molar-refractivity contribution in [1.29, 1.82) is 0 Å². The molecule has 0 saturated carbocycles. The lowest BCUT2D eigenvalue weighted by atomic mass is 10.1. The van der Waals surface area contributed by atoms with E-state index in [-0.39, 0.29) is 0 Å². The van der Waals surface area contributed by atoms with E-state index in [9.17, 15) is 0 Å². The fraction of sp³-hybridized carbons (Fsp3) is 0.273. The number of rotatable bonds is 8. The van der Waals surface area contributed by atoms with Crippen LogP contribution in [0, 0.1) is 0 Å². The number of allylic oxidation sites excluding steroid dienone is 11. The molecule has 0 aromatic carbocycles. The summed E-state index contributed by atoms with van der Waals surface area (Å²) in [4.78, 5) is 2.71. The van der Waals surface area contributed by atoms with E-state index >= 15 is 0 Å². The lowest BCUT2D eigenvalue weighted by Crippen LogP contribution is -1.79. The summed E-state index contributed by atoms with van der Waals surface area (Å²) < 4.78 is 0. The van der Waals surface area contributed by atoms with Gasteiger partial charge in [0.15, 0.2) is 0 Å². The van der Waals surface area contributed by atoms with Crippen LogP contribution in [-0.2, 0) is 0 Å². The Kier molecular flexibility index (Phi) is 9.01. The molecule has 1 heteroatoms. The molecule has 1 aromatic rings. The first kappa shape index (κ1) is 19.2. The van der Waals surface area contributed by atoms with Crippen molar-refractivity contribution in [3.05, 3.63) is 82.6 Å². The van der Waals surface area contributed by atoms with Gasteiger partial charge in [-0.25, -0.2) is 0 Å². The molecule has 0 atom stereocenters. The SMILES string of the molecule is C=C/C=C/C(C)=C/C=C(\CCC)c1ccc(/C(C)=C/C=C\C)s1. The topological polar surface area (TPSA) is 0 Å². The van der Waals surface area contributed by atoms with Crippen molar-refractivity contribution in [3.8, 4) is 0 Å². The molecule has 0 amide bonds. The molecule has 0 aliphatic carbocycles. The van der Waals surface area contributed by atoms with E-state index in [1.54, 1.807) is 6.08 Å². The first-order valence-corrected chi connectivity index (χ1v) is 9.00. The minimum atomic E-state index is 1.10. The zero-order chi connectivity index (χ0) is 17.1. The minimum absolute atomic E-state index is 1.10. The Balaban J connectivity index is 3.05. The van der Waals surface area contributed by atoms with Gasteiger partial charge < -0.3 is 0 Å². The van der Waals surface area contributed by atoms with Crippen molar-refractivity contribution >= 4 is 22.5 Å². The Morgan fingerprint density at radius 1 is 1.09 bits per heavy atom. The largest absolute Gasteiger partial charge is 0.136 e. The van der Waals surface area contributed by atoms with Crippen LogP contribution >= 0.6 is 11.3 Å². The average molecular weight is 325 g/mol. The Labute approximate surface area is 146 Å². The summed E-state index contributed by atoms with van der Waals surface area (Å²) in [5.74, 6) is 0. The quantitative estimate of drug-likeness (QED) is 0.432. The molecule has 0 aliphatic heterocycles. The molecular formula is C22H28S. The van der Waals surface area contributed by atoms with Crippen LogP contribution in [0.5, 0.6) is 0 Å². The first-order valence-electron chi connectivity index (χ1n) is 8.19. The van der Waals surface area contributed by atoms with Crippen LogP contribution in [0.4, 0.5) is 0 Å². The van der Waals surface area contributed by atoms with Crippen molar-refractivity contribution < 1.29 is 0 Å². The highest BCUT2D eigenvalue weighted by Gasteiger charge is 2.05. The minimum Gasteiger partial charge on any atom is -0.136 e. The molecule has 122 valence electrons. The van der Waals surface area contributed by atoms with Crippen molar-refractivity contribution in [2.45, 2.75) is 40.5 Å². The third kappa shape index (κ3) is 6.83. The van der Waals surface area contributed by atoms with Crippen molar-refractivity contribution in [2.75, 3.05) is 0 Å². The van der Waals surface area contributed by atoms with Gasteiger partial charge in [-0.2, -0.15) is 0 Å². The van der Waals surface area contributed by atoms with Crippen molar-refractivity contribution in [2.24, 2.45) is 0 Å². The fourth-order valence-corrected chi connectivity index (χ4v) is 3.15. The summed E-state index contributed by atoms with van der Waals surface area (Å²) in [6.07, 6.45) is 18.9. The normalized spacial score (nSPS) is 14.2. The lowest BCUT2D eigenvalue weighted by Gasteiger charge is -2.02. The maximum atomic E-state index is 3.71. The van der Waals surface area contributed by atoms with Crippen molar-refractivity contribution in [3.63, 3.8) is 0 Å². The zero-order valence-electron chi connectivity index (χ0n) is 14.8. The smallest absolute Gasteiger partial charge is 0.0308 e. The van der Waals surface area contributed by atoms with Crippen LogP contribution in [0.25, 0.3) is 11.1 Å². The van der Waals surface area contributed by atoms with Crippen LogP contribution in [0.15, 0.2) is 72.9 Å². The van der Waals surface area contributed by atoms with Gasteiger partial charge in [-0.05, 0) is 50.5 Å². The highest BCUT2D eigenvalue weighted by molar-refractivity contribution is 7.14. The molecule has 0 aliphatic rings. The van der Waals surface area contributed by atoms with Gasteiger partial charge >= 0.3 is 0 Å². The molecular weight excluding hydrogens is 296 g/mol. The third-order valence-electron chi connectivity index (χ3n) is 3.41. The number of hydrogen-bond donors (Lipinski definition) is 0. The van der Waals surface area contributed by atoms with E-state index < -0.39 is 0 Å². The summed E-state index contributed by atoms with van der Waals surface area (Å²) in [6.45, 7) is 12.3. The Bertz CT molecular complexity index is 645. The molecule has 0 spiro atoms. The molecule has 23 heavy (non-hydrogen) atoms. The van der Waals surface area contributed by atoms with Crippen LogP contribution < -0.4 is 0 Å². The van der Waals surface area contributed by atoms with E-state index in [1.807, 2.05) is 24.3 Å². The number of hydrogen-bond acceptors (Lipinski definition) is 1. The summed E-state index contributed by atoms with van der Waals surface area (Å²) >= 11 is 1.88. The molecule has 1 rings (SSSR count). The van der Waals surface area contributed by atoms with Crippen molar-refractivity contribution in [1.82, 2.24) is 0 Å². The van der Waals surface area contributed by atoms with Gasteiger partial charge in [-0.3, -0.25) is 0 Å². The second kappa shape index (κ2) is 10.8. The molecule has 0 bridgehead atoms. The lowest BCUT2D eigenvalue weighted by molar-refractivity contribution is 0.976. The van der Waals surface area contributed by atoms with E-state index in [1.165, 1.54) is 26.5 Å². The van der Waals surface area contributed by atoms with Gasteiger partial charge in [0.1, 0.15) is 0 Å². The van der Waals surface area contributed by atoms with Crippen LogP contribution in [0.1, 0.15) is 50.3 Å². The molecule has 0 nitrogen and oxygen atoms in total. The van der Waals surface area contributed by atoms with Gasteiger partial charge in [0.2, 0.25) is 0 Å². The molecule has 1 aromatic heterocycles. The van der Waals surface area contributed by atoms with E-state index in [0.29, 0.717) is 0 Å². The number of thiophene rings is 1. The monoisotopic (exact) mass is 324 g/mol. The molecule has 0 saturated heterocycles. The fourth-order valence-electron chi connectivity index (χ4n) is 2.11. The second-order valence-electron chi connectivity index (χ2n) is 5.49. The summed E-state index contributed by atoms with van der Waals surface area (Å²) in [5.41, 5.74) is 3.96. The Morgan fingerprint density at radius 2 is 1.83 bits per heavy atom. The molecule has 1 heterocycles. The standard InChI is InChI=1S/C22H28S/c1-6-9-12-18(4)14-15-20(11-8-3)22-17-16-21(23-22)19(5)13-10-7-2/h6-7,9-10,12-17H,1,8,11H2,2-5H3/b10-7-,12-9+,18-14+,19-13+,20-15+. The Hall–Kier alpha value is -1.86. The molecule has 0 unspecified atom stereocenters. The average Bonchev–Trinajstić information content (AvgIpc) is 3.04. The summed E-state index contributed by atoms with van der Waals surface area (Å²) in [7, 11) is 0. The maximum Gasteiger partial charge on any atom is 0.0308 e. The van der Waals surface area contributed by atoms with Crippen LogP contribution in [-0.4, -0.2) is 0 Å². The predicted molar refractivity (Wildman–Crippen MR) is 109 cm³/mol. The van der Waals surface area contributed by atoms with Crippen LogP contribution in [0.3, 0.4) is 0 Å². The van der Waals surface area contributed by atoms with Gasteiger partial charge in [0, 0.05) is 9.75 Å². The third-order valence-corrected chi connectivity index (χ3v) is 4.71. The van der Waals surface area contributed by atoms with E-state index in [2.05, 4.69) is 75.9 Å². The highest BCUT2D eigenvalue weighted by atomic mass is 32.1. The maximum absolute atomic E-state index is 3.71. The summed E-state index contributed by atoms with van der Waals surface area (Å²) in [5, 5.41) is 0. The first-order chi connectivity index (χ1) is 11.1. The van der Waals surface area contributed by atoms with Gasteiger partial charge in [-0.1, -0.05) is 74.1 Å². The summed E-state index contributed by atoms with van der Waals surface area (Å²) in [6, 6.07) is 4.48. The van der Waals surface area contributed by atoms with Gasteiger partial charge in [0.05, 0.1) is 0 Å². The van der Waals surface area contributed by atoms with Gasteiger partial charge in [0.25, 0.3) is 0 Å². The predicted octanol–water partition coefficient (Wildman–Crippen LogP) is 7.60. The van der Waals surface area contributed by atoms with Gasteiger partial charge in [-0.15, -0.1) is 11.3 Å². The molecule has 0 fully saturated rings. The Morgan fingerprint density at radius 3 is 2.48 bits per heavy atom. The second-order valence-corrected chi connectivity index (χ2v) is 6.57. The van der Waals surface area contributed by atoms with E-state index in [4.69, 9.17) is 0 Å². The highest BCUT2D eigenvalue weighted by Crippen LogP contribution is 2.31. The van der Waals surface area contributed by atoms with E-state index in [0.717, 1.165) is 12.8 Å². The zero-order valence-corrected chi connectivity index (χ0v) is 15.6. The molecule has 0 radical (unpaired) electrons. The van der Waals surface area contributed by atoms with Crippen LogP contribution in [0.2, 0.25) is 0 Å². The molecule has 0 N–H and O–H groups in total.